The van der Waals surface area contributed by atoms with Crippen LogP contribution < -0.4 is 63.3 Å². The monoisotopic (exact) mass is 415 g/mol. The van der Waals surface area contributed by atoms with Gasteiger partial charge in [-0.1, -0.05) is 37.8 Å². The SMILES string of the molecule is CC.Cc1ccc(N=C2[C-]=Nn3c[nH+]nc32)cc1.[Rb+].[Y]. The van der Waals surface area contributed by atoms with Gasteiger partial charge >= 0.3 is 58.2 Å². The molecule has 0 saturated heterocycles. The van der Waals surface area contributed by atoms with Crippen LogP contribution in [0.3, 0.4) is 0 Å². The summed E-state index contributed by atoms with van der Waals surface area (Å²) in [6.45, 7) is 6.04. The van der Waals surface area contributed by atoms with Crippen molar-refractivity contribution < 1.29 is 96.0 Å². The van der Waals surface area contributed by atoms with E-state index >= 15 is 0 Å². The van der Waals surface area contributed by atoms with Crippen LogP contribution in [-0.2, 0) is 32.7 Å². The van der Waals surface area contributed by atoms with E-state index in [9.17, 15) is 0 Å². The van der Waals surface area contributed by atoms with Crippen LogP contribution in [0, 0.1) is 6.92 Å². The van der Waals surface area contributed by atoms with Crippen LogP contribution in [0.25, 0.3) is 0 Å². The van der Waals surface area contributed by atoms with Crippen molar-refractivity contribution in [2.75, 3.05) is 0 Å². The number of aliphatic imine (C=N–C) groups is 1. The third-order valence-electron chi connectivity index (χ3n) is 2.32. The molecule has 20 heavy (non-hydrogen) atoms. The van der Waals surface area contributed by atoms with Crippen LogP contribution in [0.2, 0.25) is 0 Å². The molecule has 1 aliphatic heterocycles. The van der Waals surface area contributed by atoms with Gasteiger partial charge in [-0.15, -0.1) is 5.10 Å². The van der Waals surface area contributed by atoms with Gasteiger partial charge in [0.25, 0.3) is 6.33 Å². The molecule has 0 amide bonds. The molecule has 1 aromatic carbocycles. The number of hydrogen-bond acceptors (Lipinski definition) is 3. The third-order valence-corrected chi connectivity index (χ3v) is 2.32. The Morgan fingerprint density at radius 3 is 2.50 bits per heavy atom. The van der Waals surface area contributed by atoms with Crippen LogP contribution in [0.15, 0.2) is 40.7 Å². The first-order valence-electron chi connectivity index (χ1n) is 5.91. The van der Waals surface area contributed by atoms with Gasteiger partial charge in [0, 0.05) is 32.7 Å². The van der Waals surface area contributed by atoms with Gasteiger partial charge in [0.15, 0.2) is 5.82 Å². The van der Waals surface area contributed by atoms with Crippen molar-refractivity contribution in [3.8, 4) is 0 Å². The van der Waals surface area contributed by atoms with Crippen LogP contribution in [0.5, 0.6) is 0 Å². The number of benzene rings is 1. The van der Waals surface area contributed by atoms with Gasteiger partial charge < -0.3 is 0 Å². The van der Waals surface area contributed by atoms with E-state index in [-0.39, 0.29) is 90.9 Å². The van der Waals surface area contributed by atoms with Gasteiger partial charge in [0.05, 0.1) is 5.69 Å². The van der Waals surface area contributed by atoms with E-state index in [0.717, 1.165) is 5.69 Å². The van der Waals surface area contributed by atoms with Crippen molar-refractivity contribution in [2.24, 2.45) is 10.1 Å². The van der Waals surface area contributed by atoms with Gasteiger partial charge in [-0.05, 0) is 24.8 Å². The molecule has 0 bridgehead atoms. The number of hydrogen-bond donors (Lipinski definition) is 0. The average molecular weight is 416 g/mol. The number of H-pyrrole nitrogens is 1. The van der Waals surface area contributed by atoms with Crippen molar-refractivity contribution in [1.82, 2.24) is 9.77 Å². The van der Waals surface area contributed by atoms with Gasteiger partial charge in [-0.2, -0.15) is 9.77 Å². The van der Waals surface area contributed by atoms with Crippen LogP contribution in [-0.4, -0.2) is 21.7 Å². The molecule has 1 aliphatic rings. The predicted molar refractivity (Wildman–Crippen MR) is 70.3 cm³/mol. The minimum absolute atomic E-state index is 0. The molecule has 3 rings (SSSR count). The van der Waals surface area contributed by atoms with E-state index in [0.29, 0.717) is 11.5 Å². The van der Waals surface area contributed by atoms with Crippen molar-refractivity contribution in [1.29, 1.82) is 0 Å². The molecule has 1 N–H and O–H groups in total. The van der Waals surface area contributed by atoms with Gasteiger partial charge in [0.1, 0.15) is 0 Å². The fourth-order valence-electron chi connectivity index (χ4n) is 1.47. The van der Waals surface area contributed by atoms with E-state index in [1.54, 1.807) is 11.0 Å². The van der Waals surface area contributed by atoms with Crippen molar-refractivity contribution in [2.45, 2.75) is 20.8 Å². The fourth-order valence-corrected chi connectivity index (χ4v) is 1.47. The first-order valence-corrected chi connectivity index (χ1v) is 5.91. The summed E-state index contributed by atoms with van der Waals surface area (Å²) in [5.41, 5.74) is 2.73. The molecule has 5 nitrogen and oxygen atoms in total. The molecular formula is C13H15N5RbY+. The largest absolute Gasteiger partial charge is 1.00 e. The summed E-state index contributed by atoms with van der Waals surface area (Å²) in [5, 5.41) is 10.8. The van der Waals surface area contributed by atoms with E-state index in [4.69, 9.17) is 0 Å². The number of nitrogens with zero attached hydrogens (tertiary/aromatic N) is 4. The molecule has 2 aromatic rings. The fraction of sp³-hybridized carbons (Fsp3) is 0.231. The maximum absolute atomic E-state index is 4.42. The number of aryl methyl sites for hydroxylation is 1. The molecule has 0 fully saturated rings. The molecule has 0 atom stereocenters. The zero-order valence-electron chi connectivity index (χ0n) is 12.3. The second kappa shape index (κ2) is 10.4. The molecule has 1 aromatic heterocycles. The normalized spacial score (nSPS) is 12.8. The Morgan fingerprint density at radius 1 is 1.20 bits per heavy atom. The molecule has 0 unspecified atom stereocenters. The first kappa shape index (κ1) is 20.6. The van der Waals surface area contributed by atoms with E-state index < -0.39 is 0 Å². The Labute approximate surface area is 193 Å². The van der Waals surface area contributed by atoms with E-state index in [1.807, 2.05) is 45.0 Å². The van der Waals surface area contributed by atoms with Crippen molar-refractivity contribution in [3.63, 3.8) is 0 Å². The number of aromatic amines is 1. The zero-order valence-corrected chi connectivity index (χ0v) is 20.0. The van der Waals surface area contributed by atoms with Crippen LogP contribution in [0.4, 0.5) is 5.69 Å². The van der Waals surface area contributed by atoms with Crippen LogP contribution >= 0.6 is 0 Å². The van der Waals surface area contributed by atoms with Gasteiger partial charge in [0.2, 0.25) is 0 Å². The molecular weight excluding hydrogens is 401 g/mol. The summed E-state index contributed by atoms with van der Waals surface area (Å²) in [4.78, 5) is 4.42. The second-order valence-corrected chi connectivity index (χ2v) is 3.55. The molecule has 0 spiro atoms. The number of nitrogens with one attached hydrogen (secondary N) is 1. The summed E-state index contributed by atoms with van der Waals surface area (Å²) in [6, 6.07) is 7.95. The zero-order chi connectivity index (χ0) is 13.0. The van der Waals surface area contributed by atoms with Gasteiger partial charge in [-0.25, -0.2) is 5.10 Å². The van der Waals surface area contributed by atoms with Gasteiger partial charge in [-0.3, -0.25) is 4.99 Å². The van der Waals surface area contributed by atoms with Crippen LogP contribution in [0.1, 0.15) is 25.2 Å². The van der Waals surface area contributed by atoms with Crippen molar-refractivity contribution >= 4 is 17.6 Å². The minimum Gasteiger partial charge on any atom is -0.281 e. The standard InChI is InChI=1S/C11H8N5.C2H6.Rb.Y/c1-8-2-4-9(5-3-8)14-10-6-13-16-7-12-15-11(10)16;1-2;;/h2-5,7H,1H3;1-2H3;;/q-1;;+1;/p+1. The summed E-state index contributed by atoms with van der Waals surface area (Å²) < 4.78 is 1.60. The Morgan fingerprint density at radius 2 is 1.85 bits per heavy atom. The minimum atomic E-state index is 0. The molecule has 2 heterocycles. The van der Waals surface area contributed by atoms with E-state index in [1.165, 1.54) is 5.56 Å². The maximum Gasteiger partial charge on any atom is 1.00 e. The topological polar surface area (TPSA) is 56.7 Å². The maximum atomic E-state index is 4.42. The third kappa shape index (κ3) is 5.11. The molecule has 95 valence electrons. The van der Waals surface area contributed by atoms with E-state index in [2.05, 4.69) is 26.5 Å². The molecule has 7 heteroatoms. The van der Waals surface area contributed by atoms with Crippen molar-refractivity contribution in [3.05, 3.63) is 42.0 Å². The summed E-state index contributed by atoms with van der Waals surface area (Å²) in [6.07, 6.45) is 4.47. The number of rotatable bonds is 1. The quantitative estimate of drug-likeness (QED) is 0.544. The smallest absolute Gasteiger partial charge is 0.281 e. The summed E-state index contributed by atoms with van der Waals surface area (Å²) in [5.74, 6) is 0.681. The Kier molecular flexibility index (Phi) is 10.7. The average Bonchev–Trinajstić information content (AvgIpc) is 2.99. The Bertz CT molecular complexity index is 589. The molecule has 0 saturated carbocycles. The number of fused-ring (bicyclic) bond motifs is 1. The summed E-state index contributed by atoms with van der Waals surface area (Å²) >= 11 is 0. The second-order valence-electron chi connectivity index (χ2n) is 3.55. The molecule has 0 aliphatic carbocycles. The summed E-state index contributed by atoms with van der Waals surface area (Å²) in [7, 11) is 0. The predicted octanol–water partition coefficient (Wildman–Crippen LogP) is -1.12. The first-order chi connectivity index (χ1) is 8.83. The number of aromatic nitrogens is 3. The Hall–Kier alpha value is 0.609. The Balaban J connectivity index is 0.000000866. The molecule has 1 radical (unpaired) electrons.